The van der Waals surface area contributed by atoms with Crippen molar-refractivity contribution in [3.05, 3.63) is 12.4 Å². The van der Waals surface area contributed by atoms with Crippen molar-refractivity contribution in [2.75, 3.05) is 5.73 Å². The van der Waals surface area contributed by atoms with Crippen molar-refractivity contribution in [2.45, 2.75) is 45.0 Å². The first-order valence-corrected chi connectivity index (χ1v) is 5.53. The smallest absolute Gasteiger partial charge is 0.232 e. The molecule has 5 heteroatoms. The standard InChI is InChI=1S/C11H17N3O2/c1-7-3-9(4-8(2)15-7)16-11-6-13-10(12)5-14-11/h5-9H,3-4H2,1-2H3,(H2,12,13). The molecule has 2 N–H and O–H groups in total. The topological polar surface area (TPSA) is 70.3 Å². The Morgan fingerprint density at radius 1 is 1.25 bits per heavy atom. The summed E-state index contributed by atoms with van der Waals surface area (Å²) in [4.78, 5) is 8.01. The van der Waals surface area contributed by atoms with Gasteiger partial charge in [0.1, 0.15) is 11.9 Å². The zero-order valence-electron chi connectivity index (χ0n) is 9.59. The monoisotopic (exact) mass is 223 g/mol. The fraction of sp³-hybridized carbons (Fsp3) is 0.636. The Hall–Kier alpha value is -1.36. The summed E-state index contributed by atoms with van der Waals surface area (Å²) in [5, 5.41) is 0. The third-order valence-corrected chi connectivity index (χ3v) is 2.59. The molecule has 0 spiro atoms. The van der Waals surface area contributed by atoms with Crippen LogP contribution in [-0.4, -0.2) is 28.3 Å². The molecule has 2 atom stereocenters. The van der Waals surface area contributed by atoms with Crippen LogP contribution in [-0.2, 0) is 4.74 Å². The lowest BCUT2D eigenvalue weighted by molar-refractivity contribution is -0.0730. The molecule has 0 amide bonds. The Bertz CT molecular complexity index is 332. The fourth-order valence-electron chi connectivity index (χ4n) is 2.00. The van der Waals surface area contributed by atoms with Gasteiger partial charge in [-0.25, -0.2) is 9.97 Å². The minimum Gasteiger partial charge on any atom is -0.473 e. The number of hydrogen-bond acceptors (Lipinski definition) is 5. The van der Waals surface area contributed by atoms with E-state index >= 15 is 0 Å². The molecule has 0 aromatic carbocycles. The summed E-state index contributed by atoms with van der Waals surface area (Å²) in [5.41, 5.74) is 5.45. The SMILES string of the molecule is CC1CC(Oc2cnc(N)cn2)CC(C)O1. The fourth-order valence-corrected chi connectivity index (χ4v) is 2.00. The summed E-state index contributed by atoms with van der Waals surface area (Å²) < 4.78 is 11.4. The van der Waals surface area contributed by atoms with E-state index in [1.807, 2.05) is 0 Å². The number of aromatic nitrogens is 2. The minimum atomic E-state index is 0.150. The lowest BCUT2D eigenvalue weighted by Crippen LogP contribution is -2.35. The van der Waals surface area contributed by atoms with Crippen LogP contribution in [0.1, 0.15) is 26.7 Å². The molecule has 1 saturated heterocycles. The number of hydrogen-bond donors (Lipinski definition) is 1. The molecule has 1 fully saturated rings. The van der Waals surface area contributed by atoms with Gasteiger partial charge < -0.3 is 15.2 Å². The van der Waals surface area contributed by atoms with Crippen LogP contribution in [0.3, 0.4) is 0 Å². The average Bonchev–Trinajstić information content (AvgIpc) is 2.20. The second-order valence-corrected chi connectivity index (χ2v) is 4.25. The predicted octanol–water partition coefficient (Wildman–Crippen LogP) is 1.39. The molecule has 2 heterocycles. The van der Waals surface area contributed by atoms with Crippen molar-refractivity contribution in [3.63, 3.8) is 0 Å². The molecule has 1 aliphatic rings. The molecule has 88 valence electrons. The maximum atomic E-state index is 5.74. The van der Waals surface area contributed by atoms with E-state index in [0.717, 1.165) is 12.8 Å². The Balaban J connectivity index is 1.96. The van der Waals surface area contributed by atoms with Crippen LogP contribution in [0.15, 0.2) is 12.4 Å². The van der Waals surface area contributed by atoms with Crippen molar-refractivity contribution in [1.82, 2.24) is 9.97 Å². The van der Waals surface area contributed by atoms with Gasteiger partial charge in [-0.1, -0.05) is 0 Å². The van der Waals surface area contributed by atoms with Crippen LogP contribution in [0.2, 0.25) is 0 Å². The lowest BCUT2D eigenvalue weighted by atomic mass is 10.0. The van der Waals surface area contributed by atoms with Crippen molar-refractivity contribution < 1.29 is 9.47 Å². The van der Waals surface area contributed by atoms with E-state index in [4.69, 9.17) is 15.2 Å². The van der Waals surface area contributed by atoms with E-state index < -0.39 is 0 Å². The summed E-state index contributed by atoms with van der Waals surface area (Å²) in [5.74, 6) is 0.932. The Labute approximate surface area is 95.0 Å². The summed E-state index contributed by atoms with van der Waals surface area (Å²) >= 11 is 0. The molecule has 1 aromatic heterocycles. The molecule has 1 aliphatic heterocycles. The van der Waals surface area contributed by atoms with Crippen LogP contribution in [0.5, 0.6) is 5.88 Å². The van der Waals surface area contributed by atoms with Crippen LogP contribution in [0, 0.1) is 0 Å². The number of ether oxygens (including phenoxy) is 2. The van der Waals surface area contributed by atoms with Crippen LogP contribution in [0.4, 0.5) is 5.82 Å². The van der Waals surface area contributed by atoms with Gasteiger partial charge in [0.25, 0.3) is 0 Å². The molecular weight excluding hydrogens is 206 g/mol. The molecule has 0 radical (unpaired) electrons. The van der Waals surface area contributed by atoms with E-state index in [0.29, 0.717) is 11.7 Å². The highest BCUT2D eigenvalue weighted by Crippen LogP contribution is 2.22. The van der Waals surface area contributed by atoms with E-state index in [1.54, 1.807) is 6.20 Å². The number of nitrogens with two attached hydrogens (primary N) is 1. The predicted molar refractivity (Wildman–Crippen MR) is 60.1 cm³/mol. The number of anilines is 1. The van der Waals surface area contributed by atoms with Gasteiger partial charge in [-0.05, 0) is 13.8 Å². The molecule has 1 aromatic rings. The number of rotatable bonds is 2. The van der Waals surface area contributed by atoms with Crippen molar-refractivity contribution in [1.29, 1.82) is 0 Å². The summed E-state index contributed by atoms with van der Waals surface area (Å²) in [6.45, 7) is 4.11. The maximum Gasteiger partial charge on any atom is 0.232 e. The normalized spacial score (nSPS) is 30.0. The van der Waals surface area contributed by atoms with Gasteiger partial charge in [0, 0.05) is 12.8 Å². The highest BCUT2D eigenvalue weighted by atomic mass is 16.5. The van der Waals surface area contributed by atoms with Gasteiger partial charge in [-0.3, -0.25) is 0 Å². The molecule has 0 aliphatic carbocycles. The zero-order chi connectivity index (χ0) is 11.5. The van der Waals surface area contributed by atoms with Crippen molar-refractivity contribution in [3.8, 4) is 5.88 Å². The molecule has 0 saturated carbocycles. The molecule has 0 bridgehead atoms. The molecular formula is C11H17N3O2. The third-order valence-electron chi connectivity index (χ3n) is 2.59. The Morgan fingerprint density at radius 2 is 1.94 bits per heavy atom. The number of nitrogens with zero attached hydrogens (tertiary/aromatic N) is 2. The van der Waals surface area contributed by atoms with Crippen molar-refractivity contribution >= 4 is 5.82 Å². The van der Waals surface area contributed by atoms with Crippen LogP contribution in [0.25, 0.3) is 0 Å². The first-order chi connectivity index (χ1) is 7.63. The Kier molecular flexibility index (Phi) is 3.24. The lowest BCUT2D eigenvalue weighted by Gasteiger charge is -2.31. The van der Waals surface area contributed by atoms with Gasteiger partial charge in [-0.15, -0.1) is 0 Å². The van der Waals surface area contributed by atoms with Gasteiger partial charge in [-0.2, -0.15) is 0 Å². The average molecular weight is 223 g/mol. The minimum absolute atomic E-state index is 0.150. The first-order valence-electron chi connectivity index (χ1n) is 5.53. The van der Waals surface area contributed by atoms with Gasteiger partial charge in [0.2, 0.25) is 5.88 Å². The molecule has 5 nitrogen and oxygen atoms in total. The van der Waals surface area contributed by atoms with Gasteiger partial charge >= 0.3 is 0 Å². The van der Waals surface area contributed by atoms with Crippen LogP contribution < -0.4 is 10.5 Å². The maximum absolute atomic E-state index is 5.74. The van der Waals surface area contributed by atoms with Crippen molar-refractivity contribution in [2.24, 2.45) is 0 Å². The number of nitrogen functional groups attached to an aromatic ring is 1. The molecule has 2 rings (SSSR count). The van der Waals surface area contributed by atoms with E-state index in [1.165, 1.54) is 6.20 Å². The Morgan fingerprint density at radius 3 is 2.50 bits per heavy atom. The molecule has 16 heavy (non-hydrogen) atoms. The summed E-state index contributed by atoms with van der Waals surface area (Å²) in [6.07, 6.45) is 5.44. The first kappa shape index (κ1) is 11.1. The molecule has 2 unspecified atom stereocenters. The quantitative estimate of drug-likeness (QED) is 0.820. The van der Waals surface area contributed by atoms with E-state index in [-0.39, 0.29) is 18.3 Å². The zero-order valence-corrected chi connectivity index (χ0v) is 9.59. The summed E-state index contributed by atoms with van der Waals surface area (Å²) in [6, 6.07) is 0. The van der Waals surface area contributed by atoms with E-state index in [2.05, 4.69) is 23.8 Å². The second-order valence-electron chi connectivity index (χ2n) is 4.25. The van der Waals surface area contributed by atoms with Gasteiger partial charge in [0.15, 0.2) is 0 Å². The highest BCUT2D eigenvalue weighted by molar-refractivity contribution is 5.24. The largest absolute Gasteiger partial charge is 0.473 e. The van der Waals surface area contributed by atoms with Gasteiger partial charge in [0.05, 0.1) is 24.6 Å². The van der Waals surface area contributed by atoms with Crippen LogP contribution >= 0.6 is 0 Å². The highest BCUT2D eigenvalue weighted by Gasteiger charge is 2.26. The second kappa shape index (κ2) is 4.65. The summed E-state index contributed by atoms with van der Waals surface area (Å²) in [7, 11) is 0. The third kappa shape index (κ3) is 2.82. The van der Waals surface area contributed by atoms with E-state index in [9.17, 15) is 0 Å².